The van der Waals surface area contributed by atoms with Crippen LogP contribution in [0.15, 0.2) is 59.2 Å². The number of halogens is 2. The summed E-state index contributed by atoms with van der Waals surface area (Å²) in [6.07, 6.45) is 5.00. The Bertz CT molecular complexity index is 902. The van der Waals surface area contributed by atoms with Crippen LogP contribution in [0.25, 0.3) is 11.7 Å². The second-order valence-corrected chi connectivity index (χ2v) is 6.61. The fourth-order valence-corrected chi connectivity index (χ4v) is 2.89. The highest BCUT2D eigenvalue weighted by molar-refractivity contribution is 9.10. The Balaban J connectivity index is 1.73. The lowest BCUT2D eigenvalue weighted by atomic mass is 10.1. The van der Waals surface area contributed by atoms with Gasteiger partial charge in [0.15, 0.2) is 5.15 Å². The molecule has 0 spiro atoms. The van der Waals surface area contributed by atoms with Gasteiger partial charge in [0.2, 0.25) is 5.91 Å². The largest absolute Gasteiger partial charge is 0.346 e. The standard InChI is InChI=1S/C18H15BrClN3O/c1-12(13-5-7-14(19)8-6-13)21-17(24)10-9-15-18(20)22-16-4-2-3-11-23(15)16/h2-12H,1H3,(H,21,24)/b10-9+. The van der Waals surface area contributed by atoms with Gasteiger partial charge in [0, 0.05) is 16.7 Å². The number of pyridine rings is 1. The minimum atomic E-state index is -0.188. The van der Waals surface area contributed by atoms with E-state index in [1.807, 2.05) is 60.0 Å². The van der Waals surface area contributed by atoms with E-state index in [4.69, 9.17) is 11.6 Å². The van der Waals surface area contributed by atoms with Gasteiger partial charge in [-0.1, -0.05) is 45.7 Å². The fraction of sp³-hybridized carbons (Fsp3) is 0.111. The molecule has 2 aromatic heterocycles. The van der Waals surface area contributed by atoms with Gasteiger partial charge in [0.05, 0.1) is 11.7 Å². The predicted molar refractivity (Wildman–Crippen MR) is 99.9 cm³/mol. The first-order valence-electron chi connectivity index (χ1n) is 7.41. The van der Waals surface area contributed by atoms with E-state index in [0.29, 0.717) is 10.8 Å². The first-order chi connectivity index (χ1) is 11.5. The Hall–Kier alpha value is -2.11. The number of nitrogens with zero attached hydrogens (tertiary/aromatic N) is 2. The summed E-state index contributed by atoms with van der Waals surface area (Å²) in [6, 6.07) is 13.4. The quantitative estimate of drug-likeness (QED) is 0.644. The Morgan fingerprint density at radius 2 is 2.04 bits per heavy atom. The van der Waals surface area contributed by atoms with Gasteiger partial charge in [-0.2, -0.15) is 0 Å². The van der Waals surface area contributed by atoms with Gasteiger partial charge in [-0.25, -0.2) is 4.98 Å². The predicted octanol–water partition coefficient (Wildman–Crippen LogP) is 4.64. The van der Waals surface area contributed by atoms with Crippen molar-refractivity contribution in [3.8, 4) is 0 Å². The molecule has 0 saturated heterocycles. The third-order valence-electron chi connectivity index (χ3n) is 3.64. The van der Waals surface area contributed by atoms with Gasteiger partial charge >= 0.3 is 0 Å². The Kier molecular flexibility index (Phi) is 5.02. The molecule has 2 heterocycles. The van der Waals surface area contributed by atoms with Gasteiger partial charge in [-0.3, -0.25) is 9.20 Å². The van der Waals surface area contributed by atoms with Crippen LogP contribution in [0.4, 0.5) is 0 Å². The highest BCUT2D eigenvalue weighted by Crippen LogP contribution is 2.19. The number of carbonyl (C=O) groups excluding carboxylic acids is 1. The van der Waals surface area contributed by atoms with Gasteiger partial charge < -0.3 is 5.32 Å². The normalized spacial score (nSPS) is 12.6. The van der Waals surface area contributed by atoms with Crippen molar-refractivity contribution in [1.82, 2.24) is 14.7 Å². The Morgan fingerprint density at radius 3 is 2.79 bits per heavy atom. The van der Waals surface area contributed by atoms with Crippen LogP contribution in [0.5, 0.6) is 0 Å². The van der Waals surface area contributed by atoms with Crippen molar-refractivity contribution in [3.63, 3.8) is 0 Å². The lowest BCUT2D eigenvalue weighted by Gasteiger charge is -2.12. The average Bonchev–Trinajstić information content (AvgIpc) is 2.88. The molecular weight excluding hydrogens is 390 g/mol. The number of amides is 1. The van der Waals surface area contributed by atoms with Crippen molar-refractivity contribution in [2.45, 2.75) is 13.0 Å². The summed E-state index contributed by atoms with van der Waals surface area (Å²) in [5, 5.41) is 3.30. The monoisotopic (exact) mass is 403 g/mol. The average molecular weight is 405 g/mol. The van der Waals surface area contributed by atoms with Crippen molar-refractivity contribution in [3.05, 3.63) is 75.6 Å². The van der Waals surface area contributed by atoms with Crippen LogP contribution in [-0.2, 0) is 4.79 Å². The highest BCUT2D eigenvalue weighted by Gasteiger charge is 2.09. The van der Waals surface area contributed by atoms with Crippen LogP contribution in [0, 0.1) is 0 Å². The van der Waals surface area contributed by atoms with Gasteiger partial charge in [0.1, 0.15) is 5.65 Å². The first-order valence-corrected chi connectivity index (χ1v) is 8.58. The van der Waals surface area contributed by atoms with Crippen LogP contribution in [0.3, 0.4) is 0 Å². The maximum Gasteiger partial charge on any atom is 0.244 e. The van der Waals surface area contributed by atoms with E-state index in [2.05, 4.69) is 26.2 Å². The number of fused-ring (bicyclic) bond motifs is 1. The van der Waals surface area contributed by atoms with Crippen molar-refractivity contribution in [2.75, 3.05) is 0 Å². The summed E-state index contributed by atoms with van der Waals surface area (Å²) in [6.45, 7) is 1.94. The third kappa shape index (κ3) is 3.68. The van der Waals surface area contributed by atoms with Crippen LogP contribution < -0.4 is 5.32 Å². The van der Waals surface area contributed by atoms with E-state index in [1.165, 1.54) is 6.08 Å². The Labute approximate surface area is 153 Å². The lowest BCUT2D eigenvalue weighted by molar-refractivity contribution is -0.117. The smallest absolute Gasteiger partial charge is 0.244 e. The van der Waals surface area contributed by atoms with Crippen molar-refractivity contribution in [1.29, 1.82) is 0 Å². The first kappa shape index (κ1) is 16.7. The number of hydrogen-bond acceptors (Lipinski definition) is 2. The zero-order valence-corrected chi connectivity index (χ0v) is 15.3. The summed E-state index contributed by atoms with van der Waals surface area (Å²) < 4.78 is 2.84. The third-order valence-corrected chi connectivity index (χ3v) is 4.45. The Morgan fingerprint density at radius 1 is 1.29 bits per heavy atom. The molecule has 6 heteroatoms. The molecule has 0 aliphatic rings. The van der Waals surface area contributed by atoms with Crippen LogP contribution in [-0.4, -0.2) is 15.3 Å². The second kappa shape index (κ2) is 7.20. The molecule has 1 aromatic carbocycles. The fourth-order valence-electron chi connectivity index (χ4n) is 2.39. The number of imidazole rings is 1. The van der Waals surface area contributed by atoms with E-state index < -0.39 is 0 Å². The number of benzene rings is 1. The summed E-state index contributed by atoms with van der Waals surface area (Å²) in [5.74, 6) is -0.188. The molecule has 0 bridgehead atoms. The number of nitrogens with one attached hydrogen (secondary N) is 1. The molecular formula is C18H15BrClN3O. The number of carbonyl (C=O) groups is 1. The molecule has 3 rings (SSSR count). The number of rotatable bonds is 4. The minimum absolute atomic E-state index is 0.0899. The van der Waals surface area contributed by atoms with Crippen LogP contribution >= 0.6 is 27.5 Å². The second-order valence-electron chi connectivity index (χ2n) is 5.33. The van der Waals surface area contributed by atoms with E-state index in [1.54, 1.807) is 6.08 Å². The molecule has 3 aromatic rings. The molecule has 122 valence electrons. The minimum Gasteiger partial charge on any atom is -0.346 e. The molecule has 0 radical (unpaired) electrons. The summed E-state index contributed by atoms with van der Waals surface area (Å²) >= 11 is 9.55. The molecule has 1 atom stereocenters. The molecule has 1 unspecified atom stereocenters. The summed E-state index contributed by atoms with van der Waals surface area (Å²) in [7, 11) is 0. The highest BCUT2D eigenvalue weighted by atomic mass is 79.9. The topological polar surface area (TPSA) is 46.4 Å². The maximum atomic E-state index is 12.2. The molecule has 24 heavy (non-hydrogen) atoms. The lowest BCUT2D eigenvalue weighted by Crippen LogP contribution is -2.24. The SMILES string of the molecule is CC(NC(=O)/C=C/c1c(Cl)nc2ccccn12)c1ccc(Br)cc1. The van der Waals surface area contributed by atoms with E-state index >= 15 is 0 Å². The number of hydrogen-bond donors (Lipinski definition) is 1. The van der Waals surface area contributed by atoms with E-state index in [9.17, 15) is 4.79 Å². The van der Waals surface area contributed by atoms with E-state index in [0.717, 1.165) is 15.7 Å². The molecule has 0 saturated carbocycles. The summed E-state index contributed by atoms with van der Waals surface area (Å²) in [5.41, 5.74) is 2.46. The van der Waals surface area contributed by atoms with Crippen molar-refractivity contribution >= 4 is 45.2 Å². The van der Waals surface area contributed by atoms with Crippen LogP contribution in [0.2, 0.25) is 5.15 Å². The molecule has 1 N–H and O–H groups in total. The van der Waals surface area contributed by atoms with E-state index in [-0.39, 0.29) is 11.9 Å². The van der Waals surface area contributed by atoms with Crippen molar-refractivity contribution < 1.29 is 4.79 Å². The molecule has 0 aliphatic heterocycles. The number of aromatic nitrogens is 2. The van der Waals surface area contributed by atoms with Gasteiger partial charge in [-0.05, 0) is 42.8 Å². The van der Waals surface area contributed by atoms with Gasteiger partial charge in [0.25, 0.3) is 0 Å². The van der Waals surface area contributed by atoms with Crippen LogP contribution in [0.1, 0.15) is 24.2 Å². The molecule has 1 amide bonds. The summed E-state index contributed by atoms with van der Waals surface area (Å²) in [4.78, 5) is 16.4. The molecule has 0 aliphatic carbocycles. The molecule has 4 nitrogen and oxygen atoms in total. The maximum absolute atomic E-state index is 12.2. The zero-order chi connectivity index (χ0) is 17.1. The molecule has 0 fully saturated rings. The zero-order valence-electron chi connectivity index (χ0n) is 12.9. The van der Waals surface area contributed by atoms with Gasteiger partial charge in [-0.15, -0.1) is 0 Å². The van der Waals surface area contributed by atoms with Crippen molar-refractivity contribution in [2.24, 2.45) is 0 Å².